The van der Waals surface area contributed by atoms with E-state index in [1.165, 1.54) is 18.3 Å². The van der Waals surface area contributed by atoms with Crippen LogP contribution in [0, 0.1) is 23.7 Å². The van der Waals surface area contributed by atoms with Crippen LogP contribution >= 0.6 is 0 Å². The third kappa shape index (κ3) is 4.44. The largest absolute Gasteiger partial charge is 0.478 e. The molecule has 0 spiro atoms. The Balaban J connectivity index is 2.17. The second-order valence-corrected chi connectivity index (χ2v) is 6.54. The van der Waals surface area contributed by atoms with Crippen LogP contribution < -0.4 is 10.5 Å². The topological polar surface area (TPSA) is 84.8 Å². The number of hydrogen-bond donors (Lipinski definition) is 1. The van der Waals surface area contributed by atoms with Gasteiger partial charge in [0.25, 0.3) is 0 Å². The number of anilines is 1. The Morgan fingerprint density at radius 2 is 1.77 bits per heavy atom. The van der Waals surface area contributed by atoms with E-state index >= 15 is 0 Å². The number of alkyl halides is 3. The summed E-state index contributed by atoms with van der Waals surface area (Å²) in [4.78, 5) is 8.49. The van der Waals surface area contributed by atoms with Crippen LogP contribution in [0.4, 0.5) is 19.0 Å². The number of nitrogens with two attached hydrogens (primary N) is 1. The lowest BCUT2D eigenvalue weighted by Crippen LogP contribution is -2.06. The highest BCUT2D eigenvalue weighted by Gasteiger charge is 2.30. The van der Waals surface area contributed by atoms with Gasteiger partial charge in [-0.15, -0.1) is 6.42 Å². The van der Waals surface area contributed by atoms with Crippen molar-refractivity contribution in [2.45, 2.75) is 19.5 Å². The van der Waals surface area contributed by atoms with E-state index in [0.29, 0.717) is 29.3 Å². The highest BCUT2D eigenvalue weighted by Crippen LogP contribution is 2.37. The van der Waals surface area contributed by atoms with Crippen LogP contribution in [0.15, 0.2) is 42.6 Å². The summed E-state index contributed by atoms with van der Waals surface area (Å²) in [7, 11) is 0. The molecule has 0 unspecified atom stereocenters. The Morgan fingerprint density at radius 3 is 2.29 bits per heavy atom. The minimum atomic E-state index is -4.48. The maximum absolute atomic E-state index is 12.9. The van der Waals surface area contributed by atoms with Gasteiger partial charge in [0.05, 0.1) is 23.4 Å². The van der Waals surface area contributed by atoms with Crippen molar-refractivity contribution in [3.05, 3.63) is 59.3 Å². The van der Waals surface area contributed by atoms with E-state index < -0.39 is 11.7 Å². The van der Waals surface area contributed by atoms with Crippen LogP contribution in [0.25, 0.3) is 22.4 Å². The van der Waals surface area contributed by atoms with Crippen molar-refractivity contribution in [1.29, 1.82) is 5.26 Å². The lowest BCUT2D eigenvalue weighted by molar-refractivity contribution is -0.137. The Bertz CT molecular complexity index is 1170. The maximum atomic E-state index is 12.9. The molecule has 0 fully saturated rings. The Morgan fingerprint density at radius 1 is 1.10 bits per heavy atom. The molecule has 0 radical (unpaired) electrons. The summed E-state index contributed by atoms with van der Waals surface area (Å²) in [6, 6.07) is 9.66. The van der Waals surface area contributed by atoms with Gasteiger partial charge in [-0.2, -0.15) is 18.4 Å². The second kappa shape index (κ2) is 8.76. The van der Waals surface area contributed by atoms with Gasteiger partial charge in [0, 0.05) is 23.4 Å². The van der Waals surface area contributed by atoms with E-state index in [0.717, 1.165) is 18.6 Å². The van der Waals surface area contributed by atoms with Crippen molar-refractivity contribution in [3.63, 3.8) is 0 Å². The fraction of sp³-hybridized carbons (Fsp3) is 0.174. The molecule has 0 saturated carbocycles. The minimum Gasteiger partial charge on any atom is -0.478 e. The SMILES string of the molecule is C#Cc1c(-c2ccc(OCCC)nc2)nc(N)c(C#N)c1-c1ccc(C(F)(F)F)cc1. The highest BCUT2D eigenvalue weighted by atomic mass is 19.4. The van der Waals surface area contributed by atoms with Crippen LogP contribution in [0.3, 0.4) is 0 Å². The average molecular weight is 422 g/mol. The summed E-state index contributed by atoms with van der Waals surface area (Å²) in [5.41, 5.74) is 6.80. The summed E-state index contributed by atoms with van der Waals surface area (Å²) in [5.74, 6) is 2.85. The van der Waals surface area contributed by atoms with Gasteiger partial charge in [0.1, 0.15) is 17.5 Å². The zero-order valence-corrected chi connectivity index (χ0v) is 16.5. The molecule has 0 amide bonds. The summed E-state index contributed by atoms with van der Waals surface area (Å²) in [6.07, 6.45) is 3.58. The molecule has 0 saturated heterocycles. The molecular formula is C23H17F3N4O. The predicted octanol–water partition coefficient (Wildman–Crippen LogP) is 5.05. The van der Waals surface area contributed by atoms with Crippen LogP contribution in [0.1, 0.15) is 30.0 Å². The van der Waals surface area contributed by atoms with Crippen molar-refractivity contribution in [2.75, 3.05) is 12.3 Å². The summed E-state index contributed by atoms with van der Waals surface area (Å²) in [6.45, 7) is 2.49. The average Bonchev–Trinajstić information content (AvgIpc) is 2.76. The summed E-state index contributed by atoms with van der Waals surface area (Å²) >= 11 is 0. The molecule has 0 atom stereocenters. The molecule has 2 N–H and O–H groups in total. The molecule has 0 aliphatic carbocycles. The smallest absolute Gasteiger partial charge is 0.416 e. The lowest BCUT2D eigenvalue weighted by atomic mass is 9.92. The van der Waals surface area contributed by atoms with E-state index in [4.69, 9.17) is 16.9 Å². The first-order valence-corrected chi connectivity index (χ1v) is 9.27. The summed E-state index contributed by atoms with van der Waals surface area (Å²) in [5, 5.41) is 9.60. The molecule has 2 aromatic heterocycles. The number of nitriles is 1. The van der Waals surface area contributed by atoms with E-state index in [9.17, 15) is 18.4 Å². The van der Waals surface area contributed by atoms with Crippen LogP contribution in [-0.4, -0.2) is 16.6 Å². The zero-order valence-electron chi connectivity index (χ0n) is 16.5. The number of aromatic nitrogens is 2. The van der Waals surface area contributed by atoms with Gasteiger partial charge in [-0.3, -0.25) is 0 Å². The van der Waals surface area contributed by atoms with Crippen molar-refractivity contribution in [1.82, 2.24) is 9.97 Å². The number of terminal acetylenes is 1. The molecule has 0 bridgehead atoms. The maximum Gasteiger partial charge on any atom is 0.416 e. The highest BCUT2D eigenvalue weighted by molar-refractivity contribution is 5.87. The molecule has 3 rings (SSSR count). The van der Waals surface area contributed by atoms with Gasteiger partial charge in [0.2, 0.25) is 5.88 Å². The monoisotopic (exact) mass is 422 g/mol. The molecule has 8 heteroatoms. The second-order valence-electron chi connectivity index (χ2n) is 6.54. The molecular weight excluding hydrogens is 405 g/mol. The Kier molecular flexibility index (Phi) is 6.12. The number of nitrogens with zero attached hydrogens (tertiary/aromatic N) is 3. The minimum absolute atomic E-state index is 0.00711. The number of ether oxygens (including phenoxy) is 1. The predicted molar refractivity (Wildman–Crippen MR) is 111 cm³/mol. The number of halogens is 3. The molecule has 156 valence electrons. The van der Waals surface area contributed by atoms with Crippen molar-refractivity contribution < 1.29 is 17.9 Å². The first-order chi connectivity index (χ1) is 14.8. The Labute approximate surface area is 177 Å². The van der Waals surface area contributed by atoms with E-state index in [1.54, 1.807) is 12.1 Å². The van der Waals surface area contributed by atoms with Crippen molar-refractivity contribution in [2.24, 2.45) is 0 Å². The molecule has 3 aromatic rings. The fourth-order valence-corrected chi connectivity index (χ4v) is 2.99. The molecule has 31 heavy (non-hydrogen) atoms. The number of hydrogen-bond acceptors (Lipinski definition) is 5. The first kappa shape index (κ1) is 21.7. The number of nitrogen functional groups attached to an aromatic ring is 1. The quantitative estimate of drug-likeness (QED) is 0.582. The number of benzene rings is 1. The van der Waals surface area contributed by atoms with Gasteiger partial charge < -0.3 is 10.5 Å². The summed E-state index contributed by atoms with van der Waals surface area (Å²) < 4.78 is 44.3. The molecule has 1 aromatic carbocycles. The first-order valence-electron chi connectivity index (χ1n) is 9.27. The number of pyridine rings is 2. The van der Waals surface area contributed by atoms with Gasteiger partial charge in [-0.25, -0.2) is 9.97 Å². The fourth-order valence-electron chi connectivity index (χ4n) is 2.99. The zero-order chi connectivity index (χ0) is 22.6. The van der Waals surface area contributed by atoms with Gasteiger partial charge in [0.15, 0.2) is 0 Å². The third-order valence-electron chi connectivity index (χ3n) is 4.45. The Hall–Kier alpha value is -4.04. The molecule has 0 aliphatic rings. The van der Waals surface area contributed by atoms with E-state index in [2.05, 4.69) is 15.9 Å². The van der Waals surface area contributed by atoms with Gasteiger partial charge in [-0.05, 0) is 30.2 Å². The van der Waals surface area contributed by atoms with Crippen molar-refractivity contribution >= 4 is 5.82 Å². The lowest BCUT2D eigenvalue weighted by Gasteiger charge is -2.15. The molecule has 5 nitrogen and oxygen atoms in total. The van der Waals surface area contributed by atoms with E-state index in [1.807, 2.05) is 13.0 Å². The molecule has 2 heterocycles. The normalized spacial score (nSPS) is 10.9. The van der Waals surface area contributed by atoms with Gasteiger partial charge in [-0.1, -0.05) is 25.0 Å². The van der Waals surface area contributed by atoms with Crippen LogP contribution in [0.5, 0.6) is 5.88 Å². The van der Waals surface area contributed by atoms with Crippen molar-refractivity contribution in [3.8, 4) is 46.7 Å². The van der Waals surface area contributed by atoms with E-state index in [-0.39, 0.29) is 22.5 Å². The number of rotatable bonds is 5. The van der Waals surface area contributed by atoms with Crippen LogP contribution in [-0.2, 0) is 6.18 Å². The third-order valence-corrected chi connectivity index (χ3v) is 4.45. The van der Waals surface area contributed by atoms with Crippen LogP contribution in [0.2, 0.25) is 0 Å². The van der Waals surface area contributed by atoms with Gasteiger partial charge >= 0.3 is 6.18 Å². The standard InChI is InChI=1S/C23H17F3N4O/c1-3-11-31-19-10-7-15(13-29-19)21-17(4-2)20(18(12-27)22(28)30-21)14-5-8-16(9-6-14)23(24,25)26/h2,5-10,13H,3,11H2,1H3,(H2,28,30). The molecule has 0 aliphatic heterocycles.